The quantitative estimate of drug-likeness (QED) is 0.280. The summed E-state index contributed by atoms with van der Waals surface area (Å²) in [6, 6.07) is 19.5. The number of phenols is 1. The van der Waals surface area contributed by atoms with Crippen LogP contribution in [0.5, 0.6) is 11.5 Å². The van der Waals surface area contributed by atoms with Crippen molar-refractivity contribution in [2.45, 2.75) is 19.4 Å². The standard InChI is InChI=1S/C27H24ClNO5/c1-2-34-22-8-4-6-19(16-22)25(31)23-24(18-5-3-7-21(30)15-18)29(27(33)26(23)32)14-13-17-9-11-20(28)12-10-17/h3-12,15-16,24,30-31H,2,13-14H2,1H3/b25-23-. The second-order valence-electron chi connectivity index (χ2n) is 7.92. The number of carbonyl (C=O) groups is 2. The molecule has 3 aromatic carbocycles. The molecule has 0 spiro atoms. The fourth-order valence-corrected chi connectivity index (χ4v) is 4.23. The van der Waals surface area contributed by atoms with Gasteiger partial charge in [-0.1, -0.05) is 48.0 Å². The van der Waals surface area contributed by atoms with Gasteiger partial charge in [0.25, 0.3) is 11.7 Å². The fourth-order valence-electron chi connectivity index (χ4n) is 4.11. The molecule has 1 unspecified atom stereocenters. The lowest BCUT2D eigenvalue weighted by Gasteiger charge is -2.25. The van der Waals surface area contributed by atoms with Gasteiger partial charge in [-0.15, -0.1) is 0 Å². The van der Waals surface area contributed by atoms with Crippen LogP contribution >= 0.6 is 11.6 Å². The van der Waals surface area contributed by atoms with E-state index in [2.05, 4.69) is 0 Å². The number of aliphatic hydroxyl groups is 1. The van der Waals surface area contributed by atoms with E-state index < -0.39 is 17.7 Å². The van der Waals surface area contributed by atoms with Crippen molar-refractivity contribution in [3.05, 3.63) is 100 Å². The number of amides is 1. The van der Waals surface area contributed by atoms with Crippen LogP contribution in [-0.4, -0.2) is 40.0 Å². The van der Waals surface area contributed by atoms with Crippen LogP contribution in [0.2, 0.25) is 5.02 Å². The number of nitrogens with zero attached hydrogens (tertiary/aromatic N) is 1. The summed E-state index contributed by atoms with van der Waals surface area (Å²) in [4.78, 5) is 27.7. The maximum Gasteiger partial charge on any atom is 0.295 e. The topological polar surface area (TPSA) is 87.1 Å². The van der Waals surface area contributed by atoms with E-state index in [-0.39, 0.29) is 23.6 Å². The van der Waals surface area contributed by atoms with Gasteiger partial charge in [0, 0.05) is 17.1 Å². The smallest absolute Gasteiger partial charge is 0.295 e. The number of Topliss-reactive ketones (excluding diaryl/α,β-unsaturated/α-hetero) is 1. The van der Waals surface area contributed by atoms with E-state index in [4.69, 9.17) is 16.3 Å². The zero-order valence-corrected chi connectivity index (χ0v) is 19.3. The first kappa shape index (κ1) is 23.4. The van der Waals surface area contributed by atoms with Crippen LogP contribution in [-0.2, 0) is 16.0 Å². The number of ether oxygens (including phenoxy) is 1. The van der Waals surface area contributed by atoms with E-state index in [1.54, 1.807) is 48.5 Å². The first-order valence-corrected chi connectivity index (χ1v) is 11.3. The maximum absolute atomic E-state index is 13.1. The van der Waals surface area contributed by atoms with Crippen LogP contribution in [0.4, 0.5) is 0 Å². The molecule has 1 heterocycles. The van der Waals surface area contributed by atoms with Crippen molar-refractivity contribution in [3.8, 4) is 11.5 Å². The number of rotatable bonds is 7. The second-order valence-corrected chi connectivity index (χ2v) is 8.36. The van der Waals surface area contributed by atoms with Gasteiger partial charge in [-0.2, -0.15) is 0 Å². The second kappa shape index (κ2) is 10.0. The molecular formula is C27H24ClNO5. The van der Waals surface area contributed by atoms with Gasteiger partial charge in [0.05, 0.1) is 18.2 Å². The summed E-state index contributed by atoms with van der Waals surface area (Å²) in [6.45, 7) is 2.53. The number of aromatic hydroxyl groups is 1. The first-order chi connectivity index (χ1) is 16.4. The Morgan fingerprint density at radius 1 is 1.03 bits per heavy atom. The Bertz CT molecular complexity index is 1250. The van der Waals surface area contributed by atoms with E-state index in [9.17, 15) is 19.8 Å². The van der Waals surface area contributed by atoms with Crippen LogP contribution in [0.3, 0.4) is 0 Å². The molecule has 0 saturated carbocycles. The van der Waals surface area contributed by atoms with Crippen molar-refractivity contribution in [1.29, 1.82) is 0 Å². The van der Waals surface area contributed by atoms with Crippen LogP contribution in [0.15, 0.2) is 78.4 Å². The molecule has 2 N–H and O–H groups in total. The molecule has 3 aromatic rings. The van der Waals surface area contributed by atoms with Gasteiger partial charge < -0.3 is 19.8 Å². The highest BCUT2D eigenvalue weighted by atomic mass is 35.5. The maximum atomic E-state index is 13.1. The fraction of sp³-hybridized carbons (Fsp3) is 0.185. The molecule has 1 atom stereocenters. The van der Waals surface area contributed by atoms with Crippen LogP contribution in [0.25, 0.3) is 5.76 Å². The summed E-state index contributed by atoms with van der Waals surface area (Å²) in [5.74, 6) is -1.23. The number of ketones is 1. The van der Waals surface area contributed by atoms with Crippen molar-refractivity contribution in [3.63, 3.8) is 0 Å². The summed E-state index contributed by atoms with van der Waals surface area (Å²) in [5.41, 5.74) is 1.82. The van der Waals surface area contributed by atoms with Crippen LogP contribution < -0.4 is 4.74 Å². The number of likely N-dealkylation sites (tertiary alicyclic amines) is 1. The number of carbonyl (C=O) groups excluding carboxylic acids is 2. The SMILES string of the molecule is CCOc1cccc(/C(O)=C2/C(=O)C(=O)N(CCc3ccc(Cl)cc3)C2c2cccc(O)c2)c1. The van der Waals surface area contributed by atoms with Crippen molar-refractivity contribution < 1.29 is 24.5 Å². The molecule has 174 valence electrons. The third kappa shape index (κ3) is 4.77. The normalized spacial score (nSPS) is 17.2. The predicted molar refractivity (Wildman–Crippen MR) is 130 cm³/mol. The van der Waals surface area contributed by atoms with Crippen molar-refractivity contribution >= 4 is 29.1 Å². The van der Waals surface area contributed by atoms with Gasteiger partial charge in [0.1, 0.15) is 17.3 Å². The number of halogens is 1. The molecule has 1 fully saturated rings. The number of phenolic OH excluding ortho intramolecular Hbond substituents is 1. The summed E-state index contributed by atoms with van der Waals surface area (Å²) in [5, 5.41) is 21.9. The van der Waals surface area contributed by atoms with Gasteiger partial charge in [0.2, 0.25) is 0 Å². The molecule has 7 heteroatoms. The van der Waals surface area contributed by atoms with Gasteiger partial charge in [-0.05, 0) is 60.9 Å². The highest BCUT2D eigenvalue weighted by molar-refractivity contribution is 6.46. The van der Waals surface area contributed by atoms with E-state index in [1.807, 2.05) is 19.1 Å². The molecule has 0 aromatic heterocycles. The summed E-state index contributed by atoms with van der Waals surface area (Å²) < 4.78 is 5.51. The van der Waals surface area contributed by atoms with Crippen molar-refractivity contribution in [2.75, 3.05) is 13.2 Å². The average molecular weight is 478 g/mol. The zero-order chi connectivity index (χ0) is 24.2. The Balaban J connectivity index is 1.77. The molecule has 0 aliphatic carbocycles. The van der Waals surface area contributed by atoms with E-state index >= 15 is 0 Å². The van der Waals surface area contributed by atoms with E-state index in [0.717, 1.165) is 5.56 Å². The Kier molecular flexibility index (Phi) is 6.89. The minimum absolute atomic E-state index is 0.000804. The third-order valence-electron chi connectivity index (χ3n) is 5.70. The summed E-state index contributed by atoms with van der Waals surface area (Å²) in [6.07, 6.45) is 0.485. The number of hydrogen-bond donors (Lipinski definition) is 2. The van der Waals surface area contributed by atoms with Crippen molar-refractivity contribution in [1.82, 2.24) is 4.90 Å². The molecule has 0 radical (unpaired) electrons. The Labute approximate surface area is 202 Å². The molecule has 6 nitrogen and oxygen atoms in total. The lowest BCUT2D eigenvalue weighted by Crippen LogP contribution is -2.31. The Morgan fingerprint density at radius 2 is 1.76 bits per heavy atom. The van der Waals surface area contributed by atoms with E-state index in [1.165, 1.54) is 17.0 Å². The largest absolute Gasteiger partial charge is 0.508 e. The Morgan fingerprint density at radius 3 is 2.47 bits per heavy atom. The van der Waals surface area contributed by atoms with Crippen LogP contribution in [0.1, 0.15) is 29.7 Å². The molecule has 1 aliphatic rings. The average Bonchev–Trinajstić information content (AvgIpc) is 3.08. The lowest BCUT2D eigenvalue weighted by molar-refractivity contribution is -0.139. The molecule has 4 rings (SSSR count). The minimum Gasteiger partial charge on any atom is -0.508 e. The predicted octanol–water partition coefficient (Wildman–Crippen LogP) is 5.11. The molecular weight excluding hydrogens is 454 g/mol. The Hall–Kier alpha value is -3.77. The summed E-state index contributed by atoms with van der Waals surface area (Å²) >= 11 is 5.97. The highest BCUT2D eigenvalue weighted by Crippen LogP contribution is 2.40. The molecule has 0 bridgehead atoms. The highest BCUT2D eigenvalue weighted by Gasteiger charge is 2.45. The number of benzene rings is 3. The lowest BCUT2D eigenvalue weighted by atomic mass is 9.95. The van der Waals surface area contributed by atoms with Gasteiger partial charge in [-0.25, -0.2) is 0 Å². The number of aliphatic hydroxyl groups excluding tert-OH is 1. The number of hydrogen-bond acceptors (Lipinski definition) is 5. The van der Waals surface area contributed by atoms with E-state index in [0.29, 0.717) is 34.9 Å². The van der Waals surface area contributed by atoms with Crippen molar-refractivity contribution in [2.24, 2.45) is 0 Å². The monoisotopic (exact) mass is 477 g/mol. The zero-order valence-electron chi connectivity index (χ0n) is 18.6. The van der Waals surface area contributed by atoms with Gasteiger partial charge in [0.15, 0.2) is 0 Å². The van der Waals surface area contributed by atoms with Gasteiger partial charge in [-0.3, -0.25) is 9.59 Å². The summed E-state index contributed by atoms with van der Waals surface area (Å²) in [7, 11) is 0. The molecule has 1 saturated heterocycles. The van der Waals surface area contributed by atoms with Crippen LogP contribution in [0, 0.1) is 0 Å². The molecule has 34 heavy (non-hydrogen) atoms. The third-order valence-corrected chi connectivity index (χ3v) is 5.95. The van der Waals surface area contributed by atoms with Gasteiger partial charge >= 0.3 is 0 Å². The minimum atomic E-state index is -0.852. The molecule has 1 amide bonds. The molecule has 1 aliphatic heterocycles. The first-order valence-electron chi connectivity index (χ1n) is 10.9.